The van der Waals surface area contributed by atoms with Crippen molar-refractivity contribution < 1.29 is 8.42 Å². The molecular weight excluding hydrogens is 322 g/mol. The van der Waals surface area contributed by atoms with Gasteiger partial charge in [-0.05, 0) is 55.0 Å². The molecule has 5 nitrogen and oxygen atoms in total. The summed E-state index contributed by atoms with van der Waals surface area (Å²) in [7, 11) is -0.539. The first-order valence-corrected chi connectivity index (χ1v) is 8.43. The number of nitrogens with zero attached hydrogens (tertiary/aromatic N) is 1. The second kappa shape index (κ2) is 6.56. The summed E-state index contributed by atoms with van der Waals surface area (Å²) in [4.78, 5) is 0. The maximum atomic E-state index is 11.7. The molecule has 2 N–H and O–H groups in total. The standard InChI is InChI=1S/C15H18ClN3O2S/c1-11-10-12(16)4-9-15(11)17-13-5-7-14(8-6-13)18-22(20,21)19(2)3/h4-10,17-18H,1-3H3. The van der Waals surface area contributed by atoms with Gasteiger partial charge in [0.15, 0.2) is 0 Å². The Morgan fingerprint density at radius 1 is 1.00 bits per heavy atom. The van der Waals surface area contributed by atoms with Gasteiger partial charge in [-0.3, -0.25) is 4.72 Å². The molecule has 0 aliphatic heterocycles. The molecule has 0 radical (unpaired) electrons. The lowest BCUT2D eigenvalue weighted by Gasteiger charge is -2.14. The van der Waals surface area contributed by atoms with Gasteiger partial charge in [-0.25, -0.2) is 0 Å². The molecule has 0 aliphatic carbocycles. The largest absolute Gasteiger partial charge is 0.355 e. The molecule has 7 heteroatoms. The van der Waals surface area contributed by atoms with Gasteiger partial charge in [0.1, 0.15) is 0 Å². The van der Waals surface area contributed by atoms with Gasteiger partial charge in [-0.15, -0.1) is 0 Å². The molecule has 0 atom stereocenters. The van der Waals surface area contributed by atoms with E-state index >= 15 is 0 Å². The van der Waals surface area contributed by atoms with Crippen molar-refractivity contribution in [1.29, 1.82) is 0 Å². The third-order valence-electron chi connectivity index (χ3n) is 3.08. The average Bonchev–Trinajstić information content (AvgIpc) is 2.43. The topological polar surface area (TPSA) is 61.4 Å². The summed E-state index contributed by atoms with van der Waals surface area (Å²) in [6.45, 7) is 1.97. The van der Waals surface area contributed by atoms with E-state index in [9.17, 15) is 8.42 Å². The molecule has 0 aliphatic rings. The van der Waals surface area contributed by atoms with Crippen LogP contribution in [0.25, 0.3) is 0 Å². The summed E-state index contributed by atoms with van der Waals surface area (Å²) in [6.07, 6.45) is 0. The Morgan fingerprint density at radius 3 is 2.14 bits per heavy atom. The van der Waals surface area contributed by atoms with Crippen LogP contribution in [0.4, 0.5) is 17.1 Å². The van der Waals surface area contributed by atoms with Gasteiger partial charge < -0.3 is 5.32 Å². The highest BCUT2D eigenvalue weighted by Crippen LogP contribution is 2.24. The van der Waals surface area contributed by atoms with E-state index in [1.807, 2.05) is 37.3 Å². The van der Waals surface area contributed by atoms with Crippen molar-refractivity contribution in [3.63, 3.8) is 0 Å². The van der Waals surface area contributed by atoms with E-state index < -0.39 is 10.2 Å². The lowest BCUT2D eigenvalue weighted by Crippen LogP contribution is -2.28. The maximum Gasteiger partial charge on any atom is 0.301 e. The number of aryl methyl sites for hydroxylation is 1. The highest BCUT2D eigenvalue weighted by Gasteiger charge is 2.12. The van der Waals surface area contributed by atoms with Crippen LogP contribution in [0.15, 0.2) is 42.5 Å². The fourth-order valence-corrected chi connectivity index (χ4v) is 2.63. The first-order valence-electron chi connectivity index (χ1n) is 6.61. The third kappa shape index (κ3) is 4.13. The lowest BCUT2D eigenvalue weighted by atomic mass is 10.2. The maximum absolute atomic E-state index is 11.7. The number of hydrogen-bond donors (Lipinski definition) is 2. The van der Waals surface area contributed by atoms with Crippen molar-refractivity contribution in [3.05, 3.63) is 53.1 Å². The monoisotopic (exact) mass is 339 g/mol. The summed E-state index contributed by atoms with van der Waals surface area (Å²) in [6, 6.07) is 12.6. The molecule has 0 aromatic heterocycles. The number of hydrogen-bond acceptors (Lipinski definition) is 3. The molecule has 0 unspecified atom stereocenters. The zero-order valence-electron chi connectivity index (χ0n) is 12.6. The molecule has 0 bridgehead atoms. The summed E-state index contributed by atoms with van der Waals surface area (Å²) in [5.74, 6) is 0. The molecular formula is C15H18ClN3O2S. The van der Waals surface area contributed by atoms with Gasteiger partial charge in [-0.1, -0.05) is 11.6 Å². The fourth-order valence-electron chi connectivity index (χ4n) is 1.78. The van der Waals surface area contributed by atoms with Crippen molar-refractivity contribution in [3.8, 4) is 0 Å². The Bertz CT molecular complexity index is 759. The van der Waals surface area contributed by atoms with Gasteiger partial charge in [0.05, 0.1) is 0 Å². The fraction of sp³-hybridized carbons (Fsp3) is 0.200. The van der Waals surface area contributed by atoms with Crippen LogP contribution in [0.1, 0.15) is 5.56 Å². The van der Waals surface area contributed by atoms with E-state index in [-0.39, 0.29) is 0 Å². The Balaban J connectivity index is 2.12. The zero-order valence-corrected chi connectivity index (χ0v) is 14.2. The van der Waals surface area contributed by atoms with Crippen LogP contribution in [0, 0.1) is 6.92 Å². The number of halogens is 1. The normalized spacial score (nSPS) is 11.5. The van der Waals surface area contributed by atoms with E-state index in [0.29, 0.717) is 10.7 Å². The highest BCUT2D eigenvalue weighted by molar-refractivity contribution is 7.90. The second-order valence-corrected chi connectivity index (χ2v) is 7.37. The van der Waals surface area contributed by atoms with Crippen LogP contribution in [-0.4, -0.2) is 26.8 Å². The second-order valence-electron chi connectivity index (χ2n) is 5.05. The van der Waals surface area contributed by atoms with E-state index in [4.69, 9.17) is 11.6 Å². The molecule has 0 spiro atoms. The van der Waals surface area contributed by atoms with Crippen molar-refractivity contribution in [2.24, 2.45) is 0 Å². The summed E-state index contributed by atoms with van der Waals surface area (Å²) >= 11 is 5.93. The molecule has 2 aromatic rings. The first kappa shape index (κ1) is 16.6. The summed E-state index contributed by atoms with van der Waals surface area (Å²) < 4.78 is 27.1. The quantitative estimate of drug-likeness (QED) is 0.874. The number of benzene rings is 2. The zero-order chi connectivity index (χ0) is 16.3. The highest BCUT2D eigenvalue weighted by atomic mass is 35.5. The molecule has 0 amide bonds. The molecule has 0 fully saturated rings. The molecule has 0 saturated carbocycles. The van der Waals surface area contributed by atoms with Crippen LogP contribution in [0.2, 0.25) is 5.02 Å². The number of nitrogens with one attached hydrogen (secondary N) is 2. The minimum Gasteiger partial charge on any atom is -0.355 e. The Hall–Kier alpha value is -1.76. The van der Waals surface area contributed by atoms with E-state index in [0.717, 1.165) is 21.2 Å². The Kier molecular flexibility index (Phi) is 4.95. The number of anilines is 3. The van der Waals surface area contributed by atoms with E-state index in [1.54, 1.807) is 12.1 Å². The van der Waals surface area contributed by atoms with Crippen LogP contribution in [0.3, 0.4) is 0 Å². The van der Waals surface area contributed by atoms with Gasteiger partial charge >= 0.3 is 10.2 Å². The van der Waals surface area contributed by atoms with Crippen LogP contribution in [0.5, 0.6) is 0 Å². The molecule has 2 aromatic carbocycles. The van der Waals surface area contributed by atoms with E-state index in [2.05, 4.69) is 10.0 Å². The van der Waals surface area contributed by atoms with Crippen molar-refractivity contribution in [2.45, 2.75) is 6.92 Å². The van der Waals surface area contributed by atoms with Gasteiger partial charge in [0.2, 0.25) is 0 Å². The van der Waals surface area contributed by atoms with Crippen LogP contribution >= 0.6 is 11.6 Å². The van der Waals surface area contributed by atoms with Crippen LogP contribution < -0.4 is 10.0 Å². The molecule has 0 saturated heterocycles. The predicted octanol–water partition coefficient (Wildman–Crippen LogP) is 3.61. The minimum atomic E-state index is -3.49. The molecule has 118 valence electrons. The van der Waals surface area contributed by atoms with Gasteiger partial charge in [0.25, 0.3) is 0 Å². The summed E-state index contributed by atoms with van der Waals surface area (Å²) in [5, 5.41) is 3.96. The minimum absolute atomic E-state index is 0.507. The first-order chi connectivity index (χ1) is 10.3. The Labute approximate surface area is 136 Å². The van der Waals surface area contributed by atoms with Crippen molar-refractivity contribution >= 4 is 38.9 Å². The number of rotatable bonds is 5. The molecule has 22 heavy (non-hydrogen) atoms. The molecule has 0 heterocycles. The van der Waals surface area contributed by atoms with Crippen molar-refractivity contribution in [1.82, 2.24) is 4.31 Å². The molecule has 2 rings (SSSR count). The average molecular weight is 340 g/mol. The van der Waals surface area contributed by atoms with E-state index in [1.165, 1.54) is 14.1 Å². The Morgan fingerprint density at radius 2 is 1.59 bits per heavy atom. The van der Waals surface area contributed by atoms with Gasteiger partial charge in [-0.2, -0.15) is 12.7 Å². The lowest BCUT2D eigenvalue weighted by molar-refractivity contribution is 0.527. The SMILES string of the molecule is Cc1cc(Cl)ccc1Nc1ccc(NS(=O)(=O)N(C)C)cc1. The predicted molar refractivity (Wildman–Crippen MR) is 92.1 cm³/mol. The summed E-state index contributed by atoms with van der Waals surface area (Å²) in [5.41, 5.74) is 3.35. The van der Waals surface area contributed by atoms with Crippen LogP contribution in [-0.2, 0) is 10.2 Å². The van der Waals surface area contributed by atoms with Crippen molar-refractivity contribution in [2.75, 3.05) is 24.1 Å². The smallest absolute Gasteiger partial charge is 0.301 e. The third-order valence-corrected chi connectivity index (χ3v) is 4.77. The van der Waals surface area contributed by atoms with Gasteiger partial charge in [0, 0.05) is 36.2 Å².